The molecule has 0 bridgehead atoms. The van der Waals surface area contributed by atoms with Crippen LogP contribution >= 0.6 is 0 Å². The van der Waals surface area contributed by atoms with Crippen LogP contribution < -0.4 is 4.90 Å². The van der Waals surface area contributed by atoms with E-state index in [1.54, 1.807) is 0 Å². The number of anilines is 3. The number of hydrogen-bond acceptors (Lipinski definition) is 2. The van der Waals surface area contributed by atoms with Crippen molar-refractivity contribution in [2.24, 2.45) is 0 Å². The summed E-state index contributed by atoms with van der Waals surface area (Å²) in [7, 11) is 0. The van der Waals surface area contributed by atoms with Crippen LogP contribution in [-0.4, -0.2) is 0 Å². The van der Waals surface area contributed by atoms with Gasteiger partial charge in [0.15, 0.2) is 0 Å². The van der Waals surface area contributed by atoms with Gasteiger partial charge in [-0.25, -0.2) is 0 Å². The maximum absolute atomic E-state index is 6.72. The Morgan fingerprint density at radius 1 is 0.348 bits per heavy atom. The number of hydrogen-bond donors (Lipinski definition) is 0. The number of furan rings is 1. The summed E-state index contributed by atoms with van der Waals surface area (Å²) in [5, 5.41) is 2.24. The van der Waals surface area contributed by atoms with Crippen LogP contribution in [-0.2, 0) is 10.8 Å². The van der Waals surface area contributed by atoms with Gasteiger partial charge in [-0.2, -0.15) is 0 Å². The molecule has 0 aliphatic heterocycles. The first-order chi connectivity index (χ1) is 32.5. The second kappa shape index (κ2) is 13.7. The zero-order valence-corrected chi connectivity index (χ0v) is 36.7. The van der Waals surface area contributed by atoms with Crippen molar-refractivity contribution in [1.29, 1.82) is 0 Å². The van der Waals surface area contributed by atoms with E-state index < -0.39 is 5.41 Å². The minimum Gasteiger partial charge on any atom is -0.455 e. The summed E-state index contributed by atoms with van der Waals surface area (Å²) in [6, 6.07) is 83.2. The van der Waals surface area contributed by atoms with Crippen LogP contribution in [0.5, 0.6) is 0 Å². The van der Waals surface area contributed by atoms with Crippen LogP contribution in [0.15, 0.2) is 229 Å². The summed E-state index contributed by atoms with van der Waals surface area (Å²) in [5.41, 5.74) is 25.0. The fourth-order valence-electron chi connectivity index (χ4n) is 12.3. The number of rotatable bonds is 5. The smallest absolute Gasteiger partial charge is 0.143 e. The van der Waals surface area contributed by atoms with Crippen molar-refractivity contribution < 1.29 is 4.42 Å². The third kappa shape index (κ3) is 4.91. The van der Waals surface area contributed by atoms with Gasteiger partial charge in [0, 0.05) is 38.7 Å². The summed E-state index contributed by atoms with van der Waals surface area (Å²) in [5.74, 6) is 0. The molecule has 14 rings (SSSR count). The molecule has 1 aromatic heterocycles. The third-order valence-electron chi connectivity index (χ3n) is 15.1. The van der Waals surface area contributed by atoms with Gasteiger partial charge in [-0.05, 0) is 114 Å². The van der Waals surface area contributed by atoms with Crippen LogP contribution in [0, 0.1) is 0 Å². The van der Waals surface area contributed by atoms with Gasteiger partial charge < -0.3 is 9.32 Å². The molecule has 1 spiro atoms. The maximum Gasteiger partial charge on any atom is 0.143 e. The summed E-state index contributed by atoms with van der Waals surface area (Å²) < 4.78 is 6.72. The van der Waals surface area contributed by atoms with Gasteiger partial charge in [0.25, 0.3) is 0 Å². The standard InChI is InChI=1S/C64H43NO/c1-63(2)53-29-9-3-20-44(53)47-37-36-42(39-58(47)63)65(59-34-13-7-23-48(59)50-27-16-28-51-49-24-8-14-35-60(49)66-62(50)51)41-19-15-18-40(38-41)43-26-17-33-57-61(43)52-25-6-12-32-56(52)64(57)54-30-10-4-21-45(54)46-22-5-11-31-55(46)64/h3-39H,1-2H3. The lowest BCUT2D eigenvalue weighted by Crippen LogP contribution is -2.25. The first-order valence-electron chi connectivity index (χ1n) is 23.1. The van der Waals surface area contributed by atoms with Gasteiger partial charge in [-0.15, -0.1) is 0 Å². The minimum atomic E-state index is -0.413. The fraction of sp³-hybridized carbons (Fsp3) is 0.0625. The van der Waals surface area contributed by atoms with E-state index >= 15 is 0 Å². The lowest BCUT2D eigenvalue weighted by atomic mass is 9.70. The lowest BCUT2D eigenvalue weighted by molar-refractivity contribution is 0.660. The van der Waals surface area contributed by atoms with Crippen molar-refractivity contribution in [3.63, 3.8) is 0 Å². The van der Waals surface area contributed by atoms with E-state index in [4.69, 9.17) is 4.42 Å². The Morgan fingerprint density at radius 2 is 0.864 bits per heavy atom. The molecule has 0 radical (unpaired) electrons. The number of para-hydroxylation sites is 3. The second-order valence-corrected chi connectivity index (χ2v) is 18.7. The molecule has 66 heavy (non-hydrogen) atoms. The Kier molecular flexibility index (Phi) is 7.70. The predicted molar refractivity (Wildman–Crippen MR) is 273 cm³/mol. The lowest BCUT2D eigenvalue weighted by Gasteiger charge is -2.31. The number of fused-ring (bicyclic) bond motifs is 16. The highest BCUT2D eigenvalue weighted by Crippen LogP contribution is 2.64. The molecule has 0 atom stereocenters. The van der Waals surface area contributed by atoms with Crippen molar-refractivity contribution >= 4 is 39.0 Å². The zero-order valence-electron chi connectivity index (χ0n) is 36.7. The highest BCUT2D eigenvalue weighted by Gasteiger charge is 2.52. The van der Waals surface area contributed by atoms with E-state index in [2.05, 4.69) is 237 Å². The first kappa shape index (κ1) is 37.2. The molecule has 310 valence electrons. The molecule has 10 aromatic carbocycles. The first-order valence-corrected chi connectivity index (χ1v) is 23.1. The highest BCUT2D eigenvalue weighted by molar-refractivity contribution is 6.11. The van der Waals surface area contributed by atoms with E-state index in [9.17, 15) is 0 Å². The summed E-state index contributed by atoms with van der Waals surface area (Å²) in [6.07, 6.45) is 0. The third-order valence-corrected chi connectivity index (χ3v) is 15.1. The SMILES string of the molecule is CC1(C)c2ccccc2-c2ccc(N(c3cccc(-c4cccc5c4-c4ccccc4C54c5ccccc5-c5ccccc54)c3)c3ccccc3-c3cccc4c3oc3ccccc34)cc21. The quantitative estimate of drug-likeness (QED) is 0.172. The molecule has 3 aliphatic carbocycles. The monoisotopic (exact) mass is 841 g/mol. The van der Waals surface area contributed by atoms with E-state index in [0.717, 1.165) is 50.1 Å². The van der Waals surface area contributed by atoms with Crippen LogP contribution in [0.2, 0.25) is 0 Å². The number of nitrogens with zero attached hydrogens (tertiary/aromatic N) is 1. The molecule has 0 saturated heterocycles. The fourth-order valence-corrected chi connectivity index (χ4v) is 12.3. The van der Waals surface area contributed by atoms with Gasteiger partial charge >= 0.3 is 0 Å². The van der Waals surface area contributed by atoms with E-state index in [1.165, 1.54) is 77.9 Å². The Labute approximate surface area is 384 Å². The van der Waals surface area contributed by atoms with Crippen LogP contribution in [0.1, 0.15) is 47.2 Å². The molecule has 0 unspecified atom stereocenters. The van der Waals surface area contributed by atoms with Gasteiger partial charge in [0.1, 0.15) is 11.2 Å². The van der Waals surface area contributed by atoms with Gasteiger partial charge in [0.2, 0.25) is 0 Å². The van der Waals surface area contributed by atoms with Gasteiger partial charge in [-0.3, -0.25) is 0 Å². The zero-order chi connectivity index (χ0) is 43.7. The Bertz CT molecular complexity index is 3780. The minimum absolute atomic E-state index is 0.166. The van der Waals surface area contributed by atoms with Crippen LogP contribution in [0.4, 0.5) is 17.1 Å². The maximum atomic E-state index is 6.72. The summed E-state index contributed by atoms with van der Waals surface area (Å²) in [6.45, 7) is 4.73. The summed E-state index contributed by atoms with van der Waals surface area (Å²) >= 11 is 0. The Balaban J connectivity index is 1.00. The molecule has 0 amide bonds. The highest BCUT2D eigenvalue weighted by atomic mass is 16.3. The summed E-state index contributed by atoms with van der Waals surface area (Å²) in [4.78, 5) is 2.47. The van der Waals surface area contributed by atoms with Gasteiger partial charge in [0.05, 0.1) is 11.1 Å². The molecule has 3 aliphatic rings. The topological polar surface area (TPSA) is 16.4 Å². The molecule has 11 aromatic rings. The Hall–Kier alpha value is -8.20. The molecule has 2 heteroatoms. The van der Waals surface area contributed by atoms with Crippen molar-refractivity contribution in [2.45, 2.75) is 24.7 Å². The van der Waals surface area contributed by atoms with Gasteiger partial charge in [-0.1, -0.05) is 202 Å². The number of benzene rings is 10. The molecular formula is C64H43NO. The molecule has 0 fully saturated rings. The molecule has 0 N–H and O–H groups in total. The largest absolute Gasteiger partial charge is 0.455 e. The normalized spacial score (nSPS) is 14.2. The Morgan fingerprint density at radius 3 is 1.64 bits per heavy atom. The second-order valence-electron chi connectivity index (χ2n) is 18.7. The average Bonchev–Trinajstić information content (AvgIpc) is 4.07. The van der Waals surface area contributed by atoms with E-state index in [-0.39, 0.29) is 5.41 Å². The van der Waals surface area contributed by atoms with E-state index in [1.807, 2.05) is 6.07 Å². The van der Waals surface area contributed by atoms with Crippen LogP contribution in [0.25, 0.3) is 77.6 Å². The van der Waals surface area contributed by atoms with Crippen LogP contribution in [0.3, 0.4) is 0 Å². The molecule has 0 saturated carbocycles. The van der Waals surface area contributed by atoms with Crippen molar-refractivity contribution in [3.05, 3.63) is 258 Å². The van der Waals surface area contributed by atoms with Crippen molar-refractivity contribution in [1.82, 2.24) is 0 Å². The average molecular weight is 842 g/mol. The molecule has 2 nitrogen and oxygen atoms in total. The van der Waals surface area contributed by atoms with E-state index in [0.29, 0.717) is 0 Å². The van der Waals surface area contributed by atoms with Crippen molar-refractivity contribution in [2.75, 3.05) is 4.90 Å². The van der Waals surface area contributed by atoms with Crippen molar-refractivity contribution in [3.8, 4) is 55.6 Å². The predicted octanol–water partition coefficient (Wildman–Crippen LogP) is 17.0. The molecular weight excluding hydrogens is 799 g/mol. The molecule has 1 heterocycles.